The molecule has 1 aliphatic rings. The van der Waals surface area contributed by atoms with Crippen LogP contribution in [-0.4, -0.2) is 41.5 Å². The molecule has 3 N–H and O–H groups in total. The Kier molecular flexibility index (Phi) is 6.73. The number of thioether (sulfide) groups is 1. The van der Waals surface area contributed by atoms with Crippen LogP contribution in [0.2, 0.25) is 0 Å². The maximum atomic E-state index is 9.34. The summed E-state index contributed by atoms with van der Waals surface area (Å²) in [6.07, 6.45) is 3.69. The number of rotatable bonds is 7. The van der Waals surface area contributed by atoms with Gasteiger partial charge in [-0.1, -0.05) is 13.8 Å². The van der Waals surface area contributed by atoms with Gasteiger partial charge in [0.1, 0.15) is 0 Å². The normalized spacial score (nSPS) is 24.9. The minimum atomic E-state index is 0.0939. The lowest BCUT2D eigenvalue weighted by molar-refractivity contribution is 0.128. The molecule has 0 spiro atoms. The Balaban J connectivity index is 2.24. The van der Waals surface area contributed by atoms with Gasteiger partial charge in [0.25, 0.3) is 0 Å². The summed E-state index contributed by atoms with van der Waals surface area (Å²) in [5, 5.41) is 9.50. The van der Waals surface area contributed by atoms with Crippen molar-refractivity contribution in [2.75, 3.05) is 19.0 Å². The van der Waals surface area contributed by atoms with Crippen molar-refractivity contribution in [1.29, 1.82) is 0 Å². The van der Waals surface area contributed by atoms with E-state index < -0.39 is 0 Å². The first kappa shape index (κ1) is 14.3. The van der Waals surface area contributed by atoms with Crippen LogP contribution in [0, 0.1) is 5.92 Å². The molecule has 0 radical (unpaired) electrons. The third-order valence-electron chi connectivity index (χ3n) is 2.92. The van der Waals surface area contributed by atoms with Gasteiger partial charge < -0.3 is 15.6 Å². The van der Waals surface area contributed by atoms with E-state index in [2.05, 4.69) is 13.8 Å². The van der Waals surface area contributed by atoms with Gasteiger partial charge in [-0.25, -0.2) is 0 Å². The van der Waals surface area contributed by atoms with Crippen LogP contribution in [0.1, 0.15) is 33.1 Å². The molecule has 4 heteroatoms. The number of ether oxygens (including phenoxy) is 1. The molecule has 3 nitrogen and oxygen atoms in total. The molecule has 0 aromatic rings. The first-order chi connectivity index (χ1) is 7.63. The van der Waals surface area contributed by atoms with E-state index in [1.807, 2.05) is 0 Å². The van der Waals surface area contributed by atoms with E-state index in [0.717, 1.165) is 25.2 Å². The second-order valence-electron chi connectivity index (χ2n) is 4.98. The molecule has 1 rings (SSSR count). The summed E-state index contributed by atoms with van der Waals surface area (Å²) in [6.45, 7) is 5.40. The Labute approximate surface area is 103 Å². The maximum absolute atomic E-state index is 9.34. The number of hydrogen-bond donors (Lipinski definition) is 2. The summed E-state index contributed by atoms with van der Waals surface area (Å²) in [5.74, 6) is 1.56. The first-order valence-electron chi connectivity index (χ1n) is 6.23. The quantitative estimate of drug-likeness (QED) is 0.718. The van der Waals surface area contributed by atoms with Crippen molar-refractivity contribution in [1.82, 2.24) is 0 Å². The molecular formula is C12H25NO2S. The van der Waals surface area contributed by atoms with Crippen molar-refractivity contribution in [2.24, 2.45) is 11.7 Å². The Morgan fingerprint density at radius 1 is 1.50 bits per heavy atom. The van der Waals surface area contributed by atoms with Crippen LogP contribution in [0.25, 0.3) is 0 Å². The Hall–Kier alpha value is 0.230. The second-order valence-corrected chi connectivity index (χ2v) is 6.25. The van der Waals surface area contributed by atoms with Gasteiger partial charge in [-0.2, -0.15) is 11.8 Å². The summed E-state index contributed by atoms with van der Waals surface area (Å²) in [4.78, 5) is 0. The molecule has 0 aliphatic carbocycles. The fourth-order valence-electron chi connectivity index (χ4n) is 2.01. The zero-order valence-corrected chi connectivity index (χ0v) is 11.2. The first-order valence-corrected chi connectivity index (χ1v) is 7.28. The molecule has 0 bridgehead atoms. The Morgan fingerprint density at radius 3 is 2.75 bits per heavy atom. The van der Waals surface area contributed by atoms with Gasteiger partial charge in [-0.05, 0) is 25.2 Å². The van der Waals surface area contributed by atoms with E-state index in [1.165, 1.54) is 6.42 Å². The Morgan fingerprint density at radius 2 is 2.25 bits per heavy atom. The monoisotopic (exact) mass is 247 g/mol. The number of aliphatic hydroxyl groups excluding tert-OH is 1. The third-order valence-corrected chi connectivity index (χ3v) is 4.41. The van der Waals surface area contributed by atoms with Crippen molar-refractivity contribution in [2.45, 2.75) is 50.5 Å². The van der Waals surface area contributed by atoms with Crippen LogP contribution in [0.4, 0.5) is 0 Å². The number of hydrogen-bond acceptors (Lipinski definition) is 4. The minimum absolute atomic E-state index is 0.0939. The molecule has 0 aromatic carbocycles. The van der Waals surface area contributed by atoms with Gasteiger partial charge in [0.05, 0.1) is 12.7 Å². The largest absolute Gasteiger partial charge is 0.395 e. The number of nitrogens with two attached hydrogens (primary N) is 1. The highest BCUT2D eigenvalue weighted by molar-refractivity contribution is 8.00. The average molecular weight is 247 g/mol. The fourth-order valence-corrected chi connectivity index (χ4v) is 3.20. The minimum Gasteiger partial charge on any atom is -0.395 e. The molecular weight excluding hydrogens is 222 g/mol. The molecule has 1 saturated heterocycles. The van der Waals surface area contributed by atoms with Crippen molar-refractivity contribution in [3.8, 4) is 0 Å². The predicted molar refractivity (Wildman–Crippen MR) is 69.7 cm³/mol. The average Bonchev–Trinajstić information content (AvgIpc) is 2.70. The zero-order chi connectivity index (χ0) is 12.0. The highest BCUT2D eigenvalue weighted by Crippen LogP contribution is 2.23. The van der Waals surface area contributed by atoms with Crippen molar-refractivity contribution in [3.05, 3.63) is 0 Å². The van der Waals surface area contributed by atoms with E-state index in [9.17, 15) is 5.11 Å². The maximum Gasteiger partial charge on any atom is 0.0666 e. The molecule has 16 heavy (non-hydrogen) atoms. The van der Waals surface area contributed by atoms with E-state index >= 15 is 0 Å². The van der Waals surface area contributed by atoms with Crippen LogP contribution in [-0.2, 0) is 4.74 Å². The predicted octanol–water partition coefficient (Wildman–Crippen LogP) is 1.63. The van der Waals surface area contributed by atoms with Gasteiger partial charge in [-0.15, -0.1) is 0 Å². The van der Waals surface area contributed by atoms with Crippen LogP contribution in [0.3, 0.4) is 0 Å². The van der Waals surface area contributed by atoms with Crippen LogP contribution in [0.5, 0.6) is 0 Å². The summed E-state index contributed by atoms with van der Waals surface area (Å²) in [6, 6.07) is 0.0939. The van der Waals surface area contributed by atoms with Crippen LogP contribution < -0.4 is 5.73 Å². The summed E-state index contributed by atoms with van der Waals surface area (Å²) < 4.78 is 5.57. The summed E-state index contributed by atoms with van der Waals surface area (Å²) in [7, 11) is 0. The Bertz CT molecular complexity index is 184. The van der Waals surface area contributed by atoms with Crippen LogP contribution in [0.15, 0.2) is 0 Å². The smallest absolute Gasteiger partial charge is 0.0666 e. The molecule has 96 valence electrons. The zero-order valence-electron chi connectivity index (χ0n) is 10.4. The lowest BCUT2D eigenvalue weighted by Crippen LogP contribution is -2.37. The van der Waals surface area contributed by atoms with Gasteiger partial charge in [0, 0.05) is 23.7 Å². The molecule has 1 aliphatic heterocycles. The lowest BCUT2D eigenvalue weighted by Gasteiger charge is -2.24. The molecule has 3 atom stereocenters. The van der Waals surface area contributed by atoms with Crippen molar-refractivity contribution in [3.63, 3.8) is 0 Å². The number of aliphatic hydroxyl groups is 1. The van der Waals surface area contributed by atoms with Crippen LogP contribution >= 0.6 is 11.8 Å². The SMILES string of the molecule is CC(C)CC(N)C(CO)SCC1CCCO1. The van der Waals surface area contributed by atoms with Crippen molar-refractivity contribution >= 4 is 11.8 Å². The molecule has 1 heterocycles. The van der Waals surface area contributed by atoms with Crippen molar-refractivity contribution < 1.29 is 9.84 Å². The van der Waals surface area contributed by atoms with Gasteiger partial charge >= 0.3 is 0 Å². The summed E-state index contributed by atoms with van der Waals surface area (Å²) in [5.41, 5.74) is 6.09. The highest BCUT2D eigenvalue weighted by atomic mass is 32.2. The molecule has 0 saturated carbocycles. The molecule has 1 fully saturated rings. The van der Waals surface area contributed by atoms with Gasteiger partial charge in [0.15, 0.2) is 0 Å². The standard InChI is InChI=1S/C12H25NO2S/c1-9(2)6-11(13)12(7-14)16-8-10-4-3-5-15-10/h9-12,14H,3-8,13H2,1-2H3. The lowest BCUT2D eigenvalue weighted by atomic mass is 10.0. The van der Waals surface area contributed by atoms with E-state index in [-0.39, 0.29) is 17.9 Å². The van der Waals surface area contributed by atoms with E-state index in [4.69, 9.17) is 10.5 Å². The second kappa shape index (κ2) is 7.54. The molecule has 0 aromatic heterocycles. The third kappa shape index (κ3) is 5.04. The van der Waals surface area contributed by atoms with Gasteiger partial charge in [0.2, 0.25) is 0 Å². The van der Waals surface area contributed by atoms with E-state index in [1.54, 1.807) is 11.8 Å². The van der Waals surface area contributed by atoms with Gasteiger partial charge in [-0.3, -0.25) is 0 Å². The molecule has 0 amide bonds. The topological polar surface area (TPSA) is 55.5 Å². The van der Waals surface area contributed by atoms with E-state index in [0.29, 0.717) is 12.0 Å². The molecule has 3 unspecified atom stereocenters. The highest BCUT2D eigenvalue weighted by Gasteiger charge is 2.22. The fraction of sp³-hybridized carbons (Fsp3) is 1.00. The summed E-state index contributed by atoms with van der Waals surface area (Å²) >= 11 is 1.77.